The lowest BCUT2D eigenvalue weighted by Gasteiger charge is -2.08. The van der Waals surface area contributed by atoms with Crippen LogP contribution in [-0.4, -0.2) is 11.1 Å². The zero-order chi connectivity index (χ0) is 8.97. The fraction of sp³-hybridized carbons (Fsp3) is 0.444. The molecular weight excluding hydrogens is 170 g/mol. The largest absolute Gasteiger partial charge is 0.475 e. The van der Waals surface area contributed by atoms with Gasteiger partial charge in [-0.05, 0) is 19.9 Å². The third-order valence-corrected chi connectivity index (χ3v) is 1.62. The van der Waals surface area contributed by atoms with Crippen molar-refractivity contribution in [3.63, 3.8) is 0 Å². The summed E-state index contributed by atoms with van der Waals surface area (Å²) in [5.41, 5.74) is 0.941. The van der Waals surface area contributed by atoms with E-state index in [-0.39, 0.29) is 6.10 Å². The minimum Gasteiger partial charge on any atom is -0.475 e. The zero-order valence-corrected chi connectivity index (χ0v) is 8.21. The Labute approximate surface area is 78.4 Å². The van der Waals surface area contributed by atoms with E-state index in [1.54, 1.807) is 0 Å². The second-order valence-electron chi connectivity index (χ2n) is 2.79. The van der Waals surface area contributed by atoms with Crippen molar-refractivity contribution in [2.75, 3.05) is 0 Å². The van der Waals surface area contributed by atoms with Crippen molar-refractivity contribution < 1.29 is 4.74 Å². The van der Waals surface area contributed by atoms with Crippen molar-refractivity contribution in [2.24, 2.45) is 0 Å². The standard InChI is InChI=1S/C9H13NOS/c1-7(2)11-9-5-3-4-8(6-12)10-9/h3-5,7,12H,6H2,1-2H3. The molecule has 0 aromatic carbocycles. The minimum absolute atomic E-state index is 0.174. The van der Waals surface area contributed by atoms with E-state index in [9.17, 15) is 0 Å². The molecule has 0 amide bonds. The SMILES string of the molecule is CC(C)Oc1cccc(CS)n1. The number of pyridine rings is 1. The van der Waals surface area contributed by atoms with E-state index in [4.69, 9.17) is 4.74 Å². The maximum Gasteiger partial charge on any atom is 0.213 e. The van der Waals surface area contributed by atoms with Gasteiger partial charge in [0.25, 0.3) is 0 Å². The van der Waals surface area contributed by atoms with Gasteiger partial charge in [0, 0.05) is 11.8 Å². The van der Waals surface area contributed by atoms with Crippen LogP contribution >= 0.6 is 12.6 Å². The molecule has 0 saturated heterocycles. The molecule has 12 heavy (non-hydrogen) atoms. The second-order valence-corrected chi connectivity index (χ2v) is 3.11. The normalized spacial score (nSPS) is 10.3. The maximum absolute atomic E-state index is 5.41. The van der Waals surface area contributed by atoms with Gasteiger partial charge in [-0.15, -0.1) is 0 Å². The molecule has 0 spiro atoms. The number of ether oxygens (including phenoxy) is 1. The number of thiol groups is 1. The highest BCUT2D eigenvalue weighted by Gasteiger charge is 1.98. The van der Waals surface area contributed by atoms with Crippen molar-refractivity contribution in [1.82, 2.24) is 4.98 Å². The van der Waals surface area contributed by atoms with Crippen LogP contribution in [0.2, 0.25) is 0 Å². The van der Waals surface area contributed by atoms with Crippen molar-refractivity contribution in [3.8, 4) is 5.88 Å². The van der Waals surface area contributed by atoms with Gasteiger partial charge in [0.05, 0.1) is 11.8 Å². The molecule has 0 bridgehead atoms. The van der Waals surface area contributed by atoms with E-state index >= 15 is 0 Å². The predicted molar refractivity (Wildman–Crippen MR) is 52.7 cm³/mol. The van der Waals surface area contributed by atoms with Crippen LogP contribution in [0.1, 0.15) is 19.5 Å². The van der Waals surface area contributed by atoms with Gasteiger partial charge in [-0.1, -0.05) is 6.07 Å². The van der Waals surface area contributed by atoms with Gasteiger partial charge in [0.15, 0.2) is 0 Å². The molecule has 66 valence electrons. The summed E-state index contributed by atoms with van der Waals surface area (Å²) in [6.45, 7) is 3.96. The minimum atomic E-state index is 0.174. The Kier molecular flexibility index (Phi) is 3.41. The molecule has 0 N–H and O–H groups in total. The molecule has 0 aliphatic carbocycles. The summed E-state index contributed by atoms with van der Waals surface area (Å²) in [6, 6.07) is 5.71. The lowest BCUT2D eigenvalue weighted by Crippen LogP contribution is -2.07. The van der Waals surface area contributed by atoms with Crippen molar-refractivity contribution >= 4 is 12.6 Å². The molecule has 1 heterocycles. The first-order valence-corrected chi connectivity index (χ1v) is 4.59. The van der Waals surface area contributed by atoms with Crippen LogP contribution in [0.5, 0.6) is 5.88 Å². The molecule has 0 fully saturated rings. The first kappa shape index (κ1) is 9.39. The highest BCUT2D eigenvalue weighted by Crippen LogP contribution is 2.10. The molecule has 1 aromatic heterocycles. The Morgan fingerprint density at radius 1 is 1.50 bits per heavy atom. The van der Waals surface area contributed by atoms with E-state index in [0.717, 1.165) is 5.69 Å². The molecule has 0 saturated carbocycles. The van der Waals surface area contributed by atoms with E-state index in [0.29, 0.717) is 11.6 Å². The molecule has 0 unspecified atom stereocenters. The van der Waals surface area contributed by atoms with E-state index in [2.05, 4.69) is 17.6 Å². The summed E-state index contributed by atoms with van der Waals surface area (Å²) in [5, 5.41) is 0. The molecule has 0 aliphatic heterocycles. The van der Waals surface area contributed by atoms with Gasteiger partial charge in [0.2, 0.25) is 5.88 Å². The van der Waals surface area contributed by atoms with Crippen LogP contribution < -0.4 is 4.74 Å². The summed E-state index contributed by atoms with van der Waals surface area (Å²) in [5.74, 6) is 1.33. The number of aromatic nitrogens is 1. The van der Waals surface area contributed by atoms with Crippen LogP contribution in [0.3, 0.4) is 0 Å². The predicted octanol–water partition coefficient (Wildman–Crippen LogP) is 2.30. The van der Waals surface area contributed by atoms with Gasteiger partial charge in [0.1, 0.15) is 0 Å². The van der Waals surface area contributed by atoms with E-state index in [1.165, 1.54) is 0 Å². The quantitative estimate of drug-likeness (QED) is 0.726. The monoisotopic (exact) mass is 183 g/mol. The number of nitrogens with zero attached hydrogens (tertiary/aromatic N) is 1. The average Bonchev–Trinajstić information content (AvgIpc) is 2.03. The number of rotatable bonds is 3. The van der Waals surface area contributed by atoms with Crippen LogP contribution in [0, 0.1) is 0 Å². The molecule has 0 atom stereocenters. The topological polar surface area (TPSA) is 22.1 Å². The highest BCUT2D eigenvalue weighted by atomic mass is 32.1. The zero-order valence-electron chi connectivity index (χ0n) is 7.32. The van der Waals surface area contributed by atoms with Crippen LogP contribution in [-0.2, 0) is 5.75 Å². The fourth-order valence-electron chi connectivity index (χ4n) is 0.853. The molecule has 3 heteroatoms. The Morgan fingerprint density at radius 3 is 2.83 bits per heavy atom. The molecule has 2 nitrogen and oxygen atoms in total. The first-order chi connectivity index (χ1) is 5.72. The Morgan fingerprint density at radius 2 is 2.25 bits per heavy atom. The summed E-state index contributed by atoms with van der Waals surface area (Å²) >= 11 is 4.13. The van der Waals surface area contributed by atoms with Gasteiger partial charge in [-0.3, -0.25) is 0 Å². The van der Waals surface area contributed by atoms with Crippen LogP contribution in [0.4, 0.5) is 0 Å². The number of hydrogen-bond acceptors (Lipinski definition) is 3. The van der Waals surface area contributed by atoms with Crippen molar-refractivity contribution in [3.05, 3.63) is 23.9 Å². The second kappa shape index (κ2) is 4.36. The molecule has 1 aromatic rings. The average molecular weight is 183 g/mol. The summed E-state index contributed by atoms with van der Waals surface area (Å²) in [7, 11) is 0. The number of hydrogen-bond donors (Lipinski definition) is 1. The van der Waals surface area contributed by atoms with Gasteiger partial charge < -0.3 is 4.74 Å². The molecular formula is C9H13NOS. The van der Waals surface area contributed by atoms with Gasteiger partial charge in [-0.2, -0.15) is 12.6 Å². The van der Waals surface area contributed by atoms with Crippen molar-refractivity contribution in [2.45, 2.75) is 25.7 Å². The van der Waals surface area contributed by atoms with Gasteiger partial charge >= 0.3 is 0 Å². The highest BCUT2D eigenvalue weighted by molar-refractivity contribution is 7.79. The van der Waals surface area contributed by atoms with Gasteiger partial charge in [-0.25, -0.2) is 4.98 Å². The van der Waals surface area contributed by atoms with E-state index in [1.807, 2.05) is 32.0 Å². The Hall–Kier alpha value is -0.700. The summed E-state index contributed by atoms with van der Waals surface area (Å²) < 4.78 is 5.41. The first-order valence-electron chi connectivity index (χ1n) is 3.96. The van der Waals surface area contributed by atoms with Crippen molar-refractivity contribution in [1.29, 1.82) is 0 Å². The summed E-state index contributed by atoms with van der Waals surface area (Å²) in [4.78, 5) is 4.23. The summed E-state index contributed by atoms with van der Waals surface area (Å²) in [6.07, 6.45) is 0.174. The molecule has 0 radical (unpaired) electrons. The lowest BCUT2D eigenvalue weighted by molar-refractivity contribution is 0.232. The molecule has 1 rings (SSSR count). The third kappa shape index (κ3) is 2.74. The van der Waals surface area contributed by atoms with Crippen LogP contribution in [0.25, 0.3) is 0 Å². The Balaban J connectivity index is 2.72. The smallest absolute Gasteiger partial charge is 0.213 e. The molecule has 0 aliphatic rings. The fourth-order valence-corrected chi connectivity index (χ4v) is 1.03. The third-order valence-electron chi connectivity index (χ3n) is 1.30. The Bertz CT molecular complexity index is 250. The van der Waals surface area contributed by atoms with Crippen LogP contribution in [0.15, 0.2) is 18.2 Å². The van der Waals surface area contributed by atoms with E-state index < -0.39 is 0 Å². The lowest BCUT2D eigenvalue weighted by atomic mass is 10.4. The maximum atomic E-state index is 5.41.